The quantitative estimate of drug-likeness (QED) is 0.848. The monoisotopic (exact) mass is 271 g/mol. The Balaban J connectivity index is 1.96. The van der Waals surface area contributed by atoms with Gasteiger partial charge in [0.25, 0.3) is 0 Å². The molecule has 0 aliphatic heterocycles. The van der Waals surface area contributed by atoms with Crippen LogP contribution in [0.1, 0.15) is 16.7 Å². The minimum absolute atomic E-state index is 0.192. The molecule has 0 aliphatic carbocycles. The van der Waals surface area contributed by atoms with Crippen LogP contribution in [-0.4, -0.2) is 18.8 Å². The number of hydrogen-bond donors (Lipinski definition) is 2. The third kappa shape index (κ3) is 3.75. The van der Waals surface area contributed by atoms with Gasteiger partial charge in [0.1, 0.15) is 5.75 Å². The Morgan fingerprint density at radius 3 is 2.35 bits per heavy atom. The second-order valence-electron chi connectivity index (χ2n) is 4.83. The molecule has 0 saturated carbocycles. The van der Waals surface area contributed by atoms with E-state index in [4.69, 9.17) is 9.84 Å². The second-order valence-corrected chi connectivity index (χ2v) is 4.83. The van der Waals surface area contributed by atoms with Gasteiger partial charge in [0, 0.05) is 18.8 Å². The van der Waals surface area contributed by atoms with E-state index in [9.17, 15) is 0 Å². The summed E-state index contributed by atoms with van der Waals surface area (Å²) >= 11 is 0. The molecule has 2 aromatic rings. The number of methoxy groups -OCH3 is 1. The van der Waals surface area contributed by atoms with Gasteiger partial charge in [-0.3, -0.25) is 0 Å². The summed E-state index contributed by atoms with van der Waals surface area (Å²) < 4.78 is 5.26. The molecular weight excluding hydrogens is 250 g/mol. The van der Waals surface area contributed by atoms with Crippen molar-refractivity contribution in [2.45, 2.75) is 19.9 Å². The highest BCUT2D eigenvalue weighted by molar-refractivity contribution is 5.46. The van der Waals surface area contributed by atoms with Crippen LogP contribution in [0.15, 0.2) is 42.5 Å². The summed E-state index contributed by atoms with van der Waals surface area (Å²) in [6.45, 7) is 3.02. The summed E-state index contributed by atoms with van der Waals surface area (Å²) in [5.74, 6) is 0.919. The van der Waals surface area contributed by atoms with E-state index in [2.05, 4.69) is 17.4 Å². The fourth-order valence-electron chi connectivity index (χ4n) is 2.17. The van der Waals surface area contributed by atoms with E-state index in [1.54, 1.807) is 7.11 Å². The topological polar surface area (TPSA) is 41.5 Å². The van der Waals surface area contributed by atoms with Gasteiger partial charge in [0.15, 0.2) is 0 Å². The lowest BCUT2D eigenvalue weighted by Crippen LogP contribution is -2.00. The number of rotatable bonds is 6. The predicted molar refractivity (Wildman–Crippen MR) is 82.3 cm³/mol. The molecule has 0 aromatic heterocycles. The lowest BCUT2D eigenvalue weighted by molar-refractivity contribution is 0.299. The zero-order valence-corrected chi connectivity index (χ0v) is 12.0. The van der Waals surface area contributed by atoms with Crippen molar-refractivity contribution in [2.24, 2.45) is 0 Å². The van der Waals surface area contributed by atoms with Crippen LogP contribution >= 0.6 is 0 Å². The van der Waals surface area contributed by atoms with Crippen LogP contribution in [0.3, 0.4) is 0 Å². The zero-order valence-electron chi connectivity index (χ0n) is 12.0. The van der Waals surface area contributed by atoms with Crippen molar-refractivity contribution in [1.29, 1.82) is 0 Å². The van der Waals surface area contributed by atoms with Gasteiger partial charge in [-0.05, 0) is 48.2 Å². The van der Waals surface area contributed by atoms with Crippen molar-refractivity contribution >= 4 is 5.69 Å². The molecular formula is C17H21NO2. The standard InChI is InChI=1S/C17H21NO2/c1-13-11-15(5-8-17(13)20-2)12-18-16-6-3-14(4-7-16)9-10-19/h3-8,11,18-19H,9-10,12H2,1-2H3. The predicted octanol–water partition coefficient (Wildman–Crippen LogP) is 3.15. The number of aliphatic hydroxyl groups is 1. The van der Waals surface area contributed by atoms with E-state index in [1.165, 1.54) is 5.56 Å². The first-order chi connectivity index (χ1) is 9.72. The van der Waals surface area contributed by atoms with Crippen molar-refractivity contribution < 1.29 is 9.84 Å². The van der Waals surface area contributed by atoms with Crippen molar-refractivity contribution in [3.8, 4) is 5.75 Å². The second kappa shape index (κ2) is 6.96. The van der Waals surface area contributed by atoms with E-state index < -0.39 is 0 Å². The van der Waals surface area contributed by atoms with Crippen LogP contribution in [0.2, 0.25) is 0 Å². The van der Waals surface area contributed by atoms with Gasteiger partial charge in [0.05, 0.1) is 7.11 Å². The zero-order chi connectivity index (χ0) is 14.4. The lowest BCUT2D eigenvalue weighted by Gasteiger charge is -2.10. The van der Waals surface area contributed by atoms with Crippen LogP contribution in [-0.2, 0) is 13.0 Å². The molecule has 0 radical (unpaired) electrons. The third-order valence-electron chi connectivity index (χ3n) is 3.31. The molecule has 0 atom stereocenters. The van der Waals surface area contributed by atoms with Gasteiger partial charge < -0.3 is 15.2 Å². The van der Waals surface area contributed by atoms with Gasteiger partial charge >= 0.3 is 0 Å². The van der Waals surface area contributed by atoms with Gasteiger partial charge in [-0.2, -0.15) is 0 Å². The van der Waals surface area contributed by atoms with Gasteiger partial charge in [-0.1, -0.05) is 24.3 Å². The summed E-state index contributed by atoms with van der Waals surface area (Å²) in [7, 11) is 1.69. The first-order valence-corrected chi connectivity index (χ1v) is 6.80. The molecule has 2 rings (SSSR count). The molecule has 3 nitrogen and oxygen atoms in total. The lowest BCUT2D eigenvalue weighted by atomic mass is 10.1. The highest BCUT2D eigenvalue weighted by Crippen LogP contribution is 2.19. The number of anilines is 1. The largest absolute Gasteiger partial charge is 0.496 e. The Hall–Kier alpha value is -2.00. The van der Waals surface area contributed by atoms with E-state index in [0.717, 1.165) is 29.1 Å². The summed E-state index contributed by atoms with van der Waals surface area (Å²) in [4.78, 5) is 0. The Labute approximate surface area is 120 Å². The maximum atomic E-state index is 8.88. The smallest absolute Gasteiger partial charge is 0.121 e. The molecule has 0 aliphatic rings. The van der Waals surface area contributed by atoms with Crippen LogP contribution in [0.4, 0.5) is 5.69 Å². The summed E-state index contributed by atoms with van der Waals surface area (Å²) in [5.41, 5.74) is 4.60. The fraction of sp³-hybridized carbons (Fsp3) is 0.294. The Morgan fingerprint density at radius 2 is 1.75 bits per heavy atom. The molecule has 0 fully saturated rings. The highest BCUT2D eigenvalue weighted by Gasteiger charge is 2.00. The fourth-order valence-corrected chi connectivity index (χ4v) is 2.17. The minimum atomic E-state index is 0.192. The molecule has 0 bridgehead atoms. The Bertz CT molecular complexity index is 549. The van der Waals surface area contributed by atoms with E-state index >= 15 is 0 Å². The van der Waals surface area contributed by atoms with Gasteiger partial charge in [-0.15, -0.1) is 0 Å². The number of ether oxygens (including phenoxy) is 1. The Morgan fingerprint density at radius 1 is 1.05 bits per heavy atom. The van der Waals surface area contributed by atoms with E-state index in [-0.39, 0.29) is 6.61 Å². The molecule has 0 heterocycles. The average molecular weight is 271 g/mol. The summed E-state index contributed by atoms with van der Waals surface area (Å²) in [6.07, 6.45) is 0.706. The molecule has 0 saturated heterocycles. The van der Waals surface area contributed by atoms with E-state index in [0.29, 0.717) is 6.42 Å². The first-order valence-electron chi connectivity index (χ1n) is 6.80. The van der Waals surface area contributed by atoms with Crippen LogP contribution < -0.4 is 10.1 Å². The summed E-state index contributed by atoms with van der Waals surface area (Å²) in [5, 5.41) is 12.3. The van der Waals surface area contributed by atoms with Gasteiger partial charge in [-0.25, -0.2) is 0 Å². The normalized spacial score (nSPS) is 10.3. The molecule has 0 unspecified atom stereocenters. The Kier molecular flexibility index (Phi) is 5.02. The number of aliphatic hydroxyl groups excluding tert-OH is 1. The molecule has 0 spiro atoms. The number of aryl methyl sites for hydroxylation is 1. The number of hydrogen-bond acceptors (Lipinski definition) is 3. The molecule has 3 heteroatoms. The minimum Gasteiger partial charge on any atom is -0.496 e. The van der Waals surface area contributed by atoms with Crippen LogP contribution in [0, 0.1) is 6.92 Å². The van der Waals surface area contributed by atoms with Crippen molar-refractivity contribution in [1.82, 2.24) is 0 Å². The number of benzene rings is 2. The maximum Gasteiger partial charge on any atom is 0.121 e. The molecule has 2 aromatic carbocycles. The van der Waals surface area contributed by atoms with Crippen molar-refractivity contribution in [3.63, 3.8) is 0 Å². The number of nitrogens with one attached hydrogen (secondary N) is 1. The van der Waals surface area contributed by atoms with Gasteiger partial charge in [0.2, 0.25) is 0 Å². The molecule has 20 heavy (non-hydrogen) atoms. The summed E-state index contributed by atoms with van der Waals surface area (Å²) in [6, 6.07) is 14.4. The molecule has 2 N–H and O–H groups in total. The van der Waals surface area contributed by atoms with Crippen LogP contribution in [0.25, 0.3) is 0 Å². The van der Waals surface area contributed by atoms with E-state index in [1.807, 2.05) is 37.3 Å². The highest BCUT2D eigenvalue weighted by atomic mass is 16.5. The van der Waals surface area contributed by atoms with Crippen molar-refractivity contribution in [3.05, 3.63) is 59.2 Å². The SMILES string of the molecule is COc1ccc(CNc2ccc(CCO)cc2)cc1C. The van der Waals surface area contributed by atoms with Crippen LogP contribution in [0.5, 0.6) is 5.75 Å². The van der Waals surface area contributed by atoms with Crippen molar-refractivity contribution in [2.75, 3.05) is 19.0 Å². The first kappa shape index (κ1) is 14.4. The molecule has 106 valence electrons. The molecule has 0 amide bonds. The average Bonchev–Trinajstić information content (AvgIpc) is 2.47. The maximum absolute atomic E-state index is 8.88. The third-order valence-corrected chi connectivity index (χ3v) is 3.31.